The van der Waals surface area contributed by atoms with Gasteiger partial charge in [-0.25, -0.2) is 14.8 Å². The minimum atomic E-state index is -0.388. The Morgan fingerprint density at radius 1 is 1.17 bits per heavy atom. The second-order valence-electron chi connectivity index (χ2n) is 4.88. The van der Waals surface area contributed by atoms with Crippen molar-refractivity contribution >= 4 is 39.3 Å². The Labute approximate surface area is 144 Å². The molecular formula is C16H21N3O4S. The van der Waals surface area contributed by atoms with Crippen molar-refractivity contribution in [3.05, 3.63) is 17.3 Å². The SMILES string of the molecule is CCOC(=O)CCN(CC)c1ncnc2scc(C(=O)OCC)c12. The van der Waals surface area contributed by atoms with Crippen molar-refractivity contribution in [3.8, 4) is 0 Å². The fourth-order valence-corrected chi connectivity index (χ4v) is 3.20. The summed E-state index contributed by atoms with van der Waals surface area (Å²) in [6, 6.07) is 0. The number of anilines is 1. The Morgan fingerprint density at radius 2 is 1.92 bits per heavy atom. The van der Waals surface area contributed by atoms with Crippen molar-refractivity contribution in [3.63, 3.8) is 0 Å². The number of thiophene rings is 1. The van der Waals surface area contributed by atoms with Crippen LogP contribution < -0.4 is 4.90 Å². The molecule has 0 bridgehead atoms. The Morgan fingerprint density at radius 3 is 2.58 bits per heavy atom. The normalized spacial score (nSPS) is 10.6. The molecule has 0 aliphatic carbocycles. The topological polar surface area (TPSA) is 81.6 Å². The number of aromatic nitrogens is 2. The van der Waals surface area contributed by atoms with Gasteiger partial charge in [0.1, 0.15) is 17.0 Å². The van der Waals surface area contributed by atoms with Crippen LogP contribution >= 0.6 is 11.3 Å². The van der Waals surface area contributed by atoms with Crippen LogP contribution in [-0.4, -0.2) is 48.2 Å². The van der Waals surface area contributed by atoms with Crippen molar-refractivity contribution in [1.29, 1.82) is 0 Å². The quantitative estimate of drug-likeness (QED) is 0.676. The van der Waals surface area contributed by atoms with Gasteiger partial charge in [0.15, 0.2) is 0 Å². The molecule has 24 heavy (non-hydrogen) atoms. The summed E-state index contributed by atoms with van der Waals surface area (Å²) in [4.78, 5) is 35.0. The molecule has 0 aromatic carbocycles. The molecule has 2 heterocycles. The van der Waals surface area contributed by atoms with Crippen LogP contribution in [0.3, 0.4) is 0 Å². The highest BCUT2D eigenvalue weighted by atomic mass is 32.1. The average molecular weight is 351 g/mol. The maximum Gasteiger partial charge on any atom is 0.339 e. The first-order chi connectivity index (χ1) is 11.6. The van der Waals surface area contributed by atoms with Crippen molar-refractivity contribution in [1.82, 2.24) is 9.97 Å². The summed E-state index contributed by atoms with van der Waals surface area (Å²) in [6.45, 7) is 7.28. The zero-order chi connectivity index (χ0) is 17.5. The summed E-state index contributed by atoms with van der Waals surface area (Å²) in [6.07, 6.45) is 1.72. The molecule has 0 amide bonds. The van der Waals surface area contributed by atoms with E-state index in [1.807, 2.05) is 11.8 Å². The van der Waals surface area contributed by atoms with Gasteiger partial charge in [0.2, 0.25) is 0 Å². The fourth-order valence-electron chi connectivity index (χ4n) is 2.33. The maximum absolute atomic E-state index is 12.2. The predicted octanol–water partition coefficient (Wildman–Crippen LogP) is 2.65. The number of hydrogen-bond donors (Lipinski definition) is 0. The van der Waals surface area contributed by atoms with Gasteiger partial charge in [-0.1, -0.05) is 0 Å². The Bertz CT molecular complexity index is 716. The molecular weight excluding hydrogens is 330 g/mol. The van der Waals surface area contributed by atoms with E-state index in [1.165, 1.54) is 17.7 Å². The summed E-state index contributed by atoms with van der Waals surface area (Å²) >= 11 is 1.37. The van der Waals surface area contributed by atoms with Gasteiger partial charge in [-0.15, -0.1) is 11.3 Å². The van der Waals surface area contributed by atoms with Crippen molar-refractivity contribution in [2.24, 2.45) is 0 Å². The molecule has 0 atom stereocenters. The van der Waals surface area contributed by atoms with E-state index in [0.29, 0.717) is 43.1 Å². The van der Waals surface area contributed by atoms with E-state index in [4.69, 9.17) is 9.47 Å². The number of ether oxygens (including phenoxy) is 2. The lowest BCUT2D eigenvalue weighted by molar-refractivity contribution is -0.142. The number of fused-ring (bicyclic) bond motifs is 1. The predicted molar refractivity (Wildman–Crippen MR) is 92.5 cm³/mol. The molecule has 0 aliphatic heterocycles. The molecule has 0 saturated carbocycles. The summed E-state index contributed by atoms with van der Waals surface area (Å²) in [5.74, 6) is -0.00506. The van der Waals surface area contributed by atoms with Crippen LogP contribution in [0.4, 0.5) is 5.82 Å². The minimum absolute atomic E-state index is 0.253. The molecule has 2 aromatic rings. The molecule has 0 aliphatic rings. The van der Waals surface area contributed by atoms with Gasteiger partial charge in [0, 0.05) is 18.5 Å². The number of rotatable bonds is 8. The van der Waals surface area contributed by atoms with Crippen LogP contribution in [0.25, 0.3) is 10.2 Å². The van der Waals surface area contributed by atoms with E-state index in [-0.39, 0.29) is 18.4 Å². The highest BCUT2D eigenvalue weighted by molar-refractivity contribution is 7.17. The summed E-state index contributed by atoms with van der Waals surface area (Å²) < 4.78 is 10.1. The van der Waals surface area contributed by atoms with E-state index < -0.39 is 0 Å². The Hall–Kier alpha value is -2.22. The summed E-state index contributed by atoms with van der Waals surface area (Å²) in [7, 11) is 0. The van der Waals surface area contributed by atoms with Gasteiger partial charge in [-0.05, 0) is 20.8 Å². The van der Waals surface area contributed by atoms with Gasteiger partial charge in [-0.3, -0.25) is 4.79 Å². The second-order valence-corrected chi connectivity index (χ2v) is 5.74. The molecule has 0 fully saturated rings. The minimum Gasteiger partial charge on any atom is -0.466 e. The highest BCUT2D eigenvalue weighted by Crippen LogP contribution is 2.32. The van der Waals surface area contributed by atoms with Gasteiger partial charge in [0.05, 0.1) is 30.6 Å². The first-order valence-electron chi connectivity index (χ1n) is 7.92. The average Bonchev–Trinajstić information content (AvgIpc) is 3.00. The molecule has 2 aromatic heterocycles. The zero-order valence-electron chi connectivity index (χ0n) is 14.1. The van der Waals surface area contributed by atoms with Gasteiger partial charge < -0.3 is 14.4 Å². The molecule has 0 unspecified atom stereocenters. The molecule has 130 valence electrons. The van der Waals surface area contributed by atoms with Crippen LogP contribution in [-0.2, 0) is 14.3 Å². The van der Waals surface area contributed by atoms with E-state index >= 15 is 0 Å². The molecule has 8 heteroatoms. The van der Waals surface area contributed by atoms with Gasteiger partial charge in [-0.2, -0.15) is 0 Å². The number of hydrogen-bond acceptors (Lipinski definition) is 8. The molecule has 7 nitrogen and oxygen atoms in total. The van der Waals surface area contributed by atoms with E-state index in [0.717, 1.165) is 4.83 Å². The third kappa shape index (κ3) is 4.00. The lowest BCUT2D eigenvalue weighted by Crippen LogP contribution is -2.27. The first-order valence-corrected chi connectivity index (χ1v) is 8.80. The van der Waals surface area contributed by atoms with Crippen LogP contribution in [0, 0.1) is 0 Å². The first kappa shape index (κ1) is 18.1. The molecule has 0 spiro atoms. The number of carbonyl (C=O) groups is 2. The van der Waals surface area contributed by atoms with Crippen molar-refractivity contribution < 1.29 is 19.1 Å². The number of esters is 2. The van der Waals surface area contributed by atoms with Crippen LogP contribution in [0.15, 0.2) is 11.7 Å². The van der Waals surface area contributed by atoms with Crippen molar-refractivity contribution in [2.75, 3.05) is 31.2 Å². The van der Waals surface area contributed by atoms with Gasteiger partial charge in [0.25, 0.3) is 0 Å². The van der Waals surface area contributed by atoms with Crippen LogP contribution in [0.5, 0.6) is 0 Å². The molecule has 2 rings (SSSR count). The molecule has 0 radical (unpaired) electrons. The number of carbonyl (C=O) groups excluding carboxylic acids is 2. The van der Waals surface area contributed by atoms with Crippen molar-refractivity contribution in [2.45, 2.75) is 27.2 Å². The van der Waals surface area contributed by atoms with E-state index in [1.54, 1.807) is 19.2 Å². The van der Waals surface area contributed by atoms with Crippen LogP contribution in [0.2, 0.25) is 0 Å². The van der Waals surface area contributed by atoms with E-state index in [2.05, 4.69) is 9.97 Å². The maximum atomic E-state index is 12.2. The Balaban J connectivity index is 2.33. The second kappa shape index (κ2) is 8.58. The van der Waals surface area contributed by atoms with Crippen LogP contribution in [0.1, 0.15) is 37.6 Å². The zero-order valence-corrected chi connectivity index (χ0v) is 14.9. The number of nitrogens with zero attached hydrogens (tertiary/aromatic N) is 3. The Kier molecular flexibility index (Phi) is 6.48. The third-order valence-electron chi connectivity index (χ3n) is 3.42. The smallest absolute Gasteiger partial charge is 0.339 e. The lowest BCUT2D eigenvalue weighted by Gasteiger charge is -2.22. The fraction of sp³-hybridized carbons (Fsp3) is 0.500. The monoisotopic (exact) mass is 351 g/mol. The summed E-state index contributed by atoms with van der Waals surface area (Å²) in [5, 5.41) is 2.41. The molecule has 0 N–H and O–H groups in total. The third-order valence-corrected chi connectivity index (χ3v) is 4.30. The van der Waals surface area contributed by atoms with Gasteiger partial charge >= 0.3 is 11.9 Å². The summed E-state index contributed by atoms with van der Waals surface area (Å²) in [5.41, 5.74) is 0.460. The highest BCUT2D eigenvalue weighted by Gasteiger charge is 2.21. The molecule has 0 saturated heterocycles. The standard InChI is InChI=1S/C16H21N3O4S/c1-4-19(8-7-12(20)22-5-2)14-13-11(16(21)23-6-3)9-24-15(13)18-10-17-14/h9-10H,4-8H2,1-3H3. The largest absolute Gasteiger partial charge is 0.466 e. The van der Waals surface area contributed by atoms with E-state index in [9.17, 15) is 9.59 Å². The lowest BCUT2D eigenvalue weighted by atomic mass is 10.2.